The fourth-order valence-corrected chi connectivity index (χ4v) is 1.91. The molecule has 108 valence electrons. The van der Waals surface area contributed by atoms with E-state index in [0.717, 1.165) is 0 Å². The van der Waals surface area contributed by atoms with E-state index >= 15 is 0 Å². The van der Waals surface area contributed by atoms with E-state index in [9.17, 15) is 14.4 Å². The van der Waals surface area contributed by atoms with Gasteiger partial charge >= 0.3 is 12.1 Å². The number of primary amides is 1. The van der Waals surface area contributed by atoms with Crippen molar-refractivity contribution in [3.8, 4) is 0 Å². The lowest BCUT2D eigenvalue weighted by molar-refractivity contribution is -0.145. The van der Waals surface area contributed by atoms with Crippen LogP contribution in [0.5, 0.6) is 0 Å². The lowest BCUT2D eigenvalue weighted by Crippen LogP contribution is -2.44. The van der Waals surface area contributed by atoms with E-state index in [1.165, 1.54) is 0 Å². The van der Waals surface area contributed by atoms with Crippen molar-refractivity contribution in [2.45, 2.75) is 12.8 Å². The minimum atomic E-state index is -0.844. The number of amides is 2. The van der Waals surface area contributed by atoms with Crippen molar-refractivity contribution in [1.82, 2.24) is 10.2 Å². The Labute approximate surface area is 110 Å². The molecule has 4 N–H and O–H groups in total. The van der Waals surface area contributed by atoms with Crippen LogP contribution < -0.4 is 11.1 Å². The number of likely N-dealkylation sites (tertiary alicyclic amines) is 1. The van der Waals surface area contributed by atoms with Crippen molar-refractivity contribution in [3.63, 3.8) is 0 Å². The van der Waals surface area contributed by atoms with Gasteiger partial charge in [-0.2, -0.15) is 0 Å². The molecule has 0 spiro atoms. The molecule has 0 aromatic carbocycles. The Hall–Kier alpha value is -1.83. The molecule has 0 radical (unpaired) electrons. The zero-order chi connectivity index (χ0) is 14.3. The Morgan fingerprint density at radius 3 is 2.47 bits per heavy atom. The minimum Gasteiger partial charge on any atom is -0.481 e. The standard InChI is InChI=1S/C11H19N3O5/c12-11(18)19-6-3-13-7-9(15)14-4-1-8(2-5-14)10(16)17/h8,13H,1-7H2,(H2,12,18)(H,16,17). The summed E-state index contributed by atoms with van der Waals surface area (Å²) in [6.07, 6.45) is 0.140. The molecule has 0 atom stereocenters. The van der Waals surface area contributed by atoms with Crippen LogP contribution in [0.3, 0.4) is 0 Å². The SMILES string of the molecule is NC(=O)OCCNCC(=O)N1CCC(C(=O)O)CC1. The van der Waals surface area contributed by atoms with E-state index in [1.54, 1.807) is 4.90 Å². The fraction of sp³-hybridized carbons (Fsp3) is 0.727. The van der Waals surface area contributed by atoms with Gasteiger partial charge in [0.1, 0.15) is 6.61 Å². The van der Waals surface area contributed by atoms with Crippen LogP contribution in [0, 0.1) is 5.92 Å². The number of rotatable bonds is 6. The lowest BCUT2D eigenvalue weighted by Gasteiger charge is -2.30. The Morgan fingerprint density at radius 2 is 1.95 bits per heavy atom. The van der Waals surface area contributed by atoms with Gasteiger partial charge < -0.3 is 25.8 Å². The third-order valence-corrected chi connectivity index (χ3v) is 3.00. The molecular weight excluding hydrogens is 254 g/mol. The zero-order valence-electron chi connectivity index (χ0n) is 10.6. The average Bonchev–Trinajstić information content (AvgIpc) is 2.37. The second-order valence-corrected chi connectivity index (χ2v) is 4.34. The van der Waals surface area contributed by atoms with Gasteiger partial charge in [0.15, 0.2) is 0 Å². The summed E-state index contributed by atoms with van der Waals surface area (Å²) in [6, 6.07) is 0. The average molecular weight is 273 g/mol. The number of nitrogens with one attached hydrogen (secondary N) is 1. The van der Waals surface area contributed by atoms with Crippen LogP contribution in [0.25, 0.3) is 0 Å². The molecule has 19 heavy (non-hydrogen) atoms. The summed E-state index contributed by atoms with van der Waals surface area (Å²) >= 11 is 0. The number of carbonyl (C=O) groups is 3. The number of hydrogen-bond donors (Lipinski definition) is 3. The van der Waals surface area contributed by atoms with Gasteiger partial charge in [-0.05, 0) is 12.8 Å². The van der Waals surface area contributed by atoms with Crippen LogP contribution in [-0.2, 0) is 14.3 Å². The number of piperidine rings is 1. The molecule has 8 nitrogen and oxygen atoms in total. The predicted molar refractivity (Wildman–Crippen MR) is 65.3 cm³/mol. The summed E-state index contributed by atoms with van der Waals surface area (Å²) in [4.78, 5) is 34.4. The van der Waals surface area contributed by atoms with Crippen LogP contribution >= 0.6 is 0 Å². The molecule has 1 aliphatic heterocycles. The molecule has 1 fully saturated rings. The highest BCUT2D eigenvalue weighted by molar-refractivity contribution is 5.78. The Morgan fingerprint density at radius 1 is 1.32 bits per heavy atom. The largest absolute Gasteiger partial charge is 0.481 e. The van der Waals surface area contributed by atoms with Crippen molar-refractivity contribution < 1.29 is 24.2 Å². The molecule has 2 amide bonds. The van der Waals surface area contributed by atoms with Gasteiger partial charge in [0.2, 0.25) is 5.91 Å². The fourth-order valence-electron chi connectivity index (χ4n) is 1.91. The number of nitrogens with two attached hydrogens (primary N) is 1. The van der Waals surface area contributed by atoms with E-state index in [4.69, 9.17) is 10.8 Å². The first-order valence-electron chi connectivity index (χ1n) is 6.14. The number of carbonyl (C=O) groups excluding carboxylic acids is 2. The molecule has 8 heteroatoms. The molecule has 0 aromatic rings. The topological polar surface area (TPSA) is 122 Å². The van der Waals surface area contributed by atoms with E-state index in [0.29, 0.717) is 32.5 Å². The smallest absolute Gasteiger partial charge is 0.404 e. The number of carboxylic acid groups (broad SMARTS) is 1. The Bertz CT molecular complexity index is 339. The van der Waals surface area contributed by atoms with Crippen molar-refractivity contribution in [2.75, 3.05) is 32.8 Å². The van der Waals surface area contributed by atoms with Gasteiger partial charge in [0.05, 0.1) is 12.5 Å². The zero-order valence-corrected chi connectivity index (χ0v) is 10.6. The van der Waals surface area contributed by atoms with Gasteiger partial charge in [0.25, 0.3) is 0 Å². The van der Waals surface area contributed by atoms with Gasteiger partial charge in [0, 0.05) is 19.6 Å². The van der Waals surface area contributed by atoms with Gasteiger partial charge in [-0.3, -0.25) is 9.59 Å². The molecule has 0 saturated carbocycles. The number of carboxylic acids is 1. The van der Waals surface area contributed by atoms with Crippen molar-refractivity contribution in [2.24, 2.45) is 11.7 Å². The molecule has 1 aliphatic rings. The summed E-state index contributed by atoms with van der Waals surface area (Å²) in [5.74, 6) is -1.22. The van der Waals surface area contributed by atoms with Crippen LogP contribution in [0.4, 0.5) is 4.79 Å². The predicted octanol–water partition coefficient (Wildman–Crippen LogP) is -1.01. The highest BCUT2D eigenvalue weighted by atomic mass is 16.5. The van der Waals surface area contributed by atoms with Gasteiger partial charge in [-0.25, -0.2) is 4.79 Å². The van der Waals surface area contributed by atoms with E-state index < -0.39 is 12.1 Å². The molecule has 1 heterocycles. The van der Waals surface area contributed by atoms with Crippen LogP contribution in [0.15, 0.2) is 0 Å². The molecule has 0 bridgehead atoms. The summed E-state index contributed by atoms with van der Waals surface area (Å²) < 4.78 is 4.50. The third kappa shape index (κ3) is 5.56. The van der Waals surface area contributed by atoms with Gasteiger partial charge in [-0.15, -0.1) is 0 Å². The third-order valence-electron chi connectivity index (χ3n) is 3.00. The summed E-state index contributed by atoms with van der Waals surface area (Å²) in [5.41, 5.74) is 4.78. The molecule has 0 aliphatic carbocycles. The molecular formula is C11H19N3O5. The molecule has 0 aromatic heterocycles. The first kappa shape index (κ1) is 15.2. The van der Waals surface area contributed by atoms with Crippen LogP contribution in [0.1, 0.15) is 12.8 Å². The van der Waals surface area contributed by atoms with Crippen molar-refractivity contribution >= 4 is 18.0 Å². The minimum absolute atomic E-state index is 0.0806. The number of hydrogen-bond acceptors (Lipinski definition) is 5. The van der Waals surface area contributed by atoms with E-state index in [1.807, 2.05) is 0 Å². The van der Waals surface area contributed by atoms with E-state index in [2.05, 4.69) is 10.1 Å². The van der Waals surface area contributed by atoms with Crippen LogP contribution in [0.2, 0.25) is 0 Å². The highest BCUT2D eigenvalue weighted by Gasteiger charge is 2.26. The number of aliphatic carboxylic acids is 1. The quantitative estimate of drug-likeness (QED) is 0.533. The van der Waals surface area contributed by atoms with Crippen molar-refractivity contribution in [1.29, 1.82) is 0 Å². The lowest BCUT2D eigenvalue weighted by atomic mass is 9.97. The highest BCUT2D eigenvalue weighted by Crippen LogP contribution is 2.16. The molecule has 0 unspecified atom stereocenters. The molecule has 1 saturated heterocycles. The maximum Gasteiger partial charge on any atom is 0.404 e. The van der Waals surface area contributed by atoms with E-state index in [-0.39, 0.29) is 25.0 Å². The maximum absolute atomic E-state index is 11.8. The second kappa shape index (κ2) is 7.57. The normalized spacial score (nSPS) is 16.1. The number of ether oxygens (including phenoxy) is 1. The maximum atomic E-state index is 11.8. The monoisotopic (exact) mass is 273 g/mol. The first-order chi connectivity index (χ1) is 9.00. The summed E-state index contributed by atoms with van der Waals surface area (Å²) in [5, 5.41) is 11.7. The second-order valence-electron chi connectivity index (χ2n) is 4.34. The van der Waals surface area contributed by atoms with Gasteiger partial charge in [-0.1, -0.05) is 0 Å². The Balaban J connectivity index is 2.14. The number of nitrogens with zero attached hydrogens (tertiary/aromatic N) is 1. The first-order valence-corrected chi connectivity index (χ1v) is 6.14. The van der Waals surface area contributed by atoms with Crippen molar-refractivity contribution in [3.05, 3.63) is 0 Å². The summed E-state index contributed by atoms with van der Waals surface area (Å²) in [6.45, 7) is 1.54. The Kier molecular flexibility index (Phi) is 6.07. The van der Waals surface area contributed by atoms with Crippen LogP contribution in [-0.4, -0.2) is 60.8 Å². The summed E-state index contributed by atoms with van der Waals surface area (Å²) in [7, 11) is 0. The molecule has 1 rings (SSSR count).